The number of alkyl halides is 3. The molecule has 0 saturated heterocycles. The summed E-state index contributed by atoms with van der Waals surface area (Å²) in [6, 6.07) is 0.958. The van der Waals surface area contributed by atoms with Gasteiger partial charge in [0.2, 0.25) is 0 Å². The first-order valence-electron chi connectivity index (χ1n) is 5.09. The van der Waals surface area contributed by atoms with E-state index in [-0.39, 0.29) is 31.0 Å². The summed E-state index contributed by atoms with van der Waals surface area (Å²) >= 11 is 0. The molecule has 18 heavy (non-hydrogen) atoms. The zero-order valence-corrected chi connectivity index (χ0v) is 9.04. The quantitative estimate of drug-likeness (QED) is 0.716. The number of H-pyrrole nitrogens is 1. The summed E-state index contributed by atoms with van der Waals surface area (Å²) < 4.78 is 36.8. The van der Waals surface area contributed by atoms with Crippen LogP contribution in [0.4, 0.5) is 13.2 Å². The maximum atomic E-state index is 12.3. The maximum absolute atomic E-state index is 12.3. The van der Waals surface area contributed by atoms with Crippen LogP contribution in [0, 0.1) is 0 Å². The molecule has 0 aliphatic carbocycles. The largest absolute Gasteiger partial charge is 0.507 e. The van der Waals surface area contributed by atoms with Gasteiger partial charge in [0.1, 0.15) is 5.75 Å². The number of pyridine rings is 1. The van der Waals surface area contributed by atoms with E-state index in [2.05, 4.69) is 4.98 Å². The summed E-state index contributed by atoms with van der Waals surface area (Å²) in [6.45, 7) is -0.512. The zero-order valence-electron chi connectivity index (χ0n) is 9.04. The molecule has 0 fully saturated rings. The van der Waals surface area contributed by atoms with Crippen molar-refractivity contribution >= 4 is 5.91 Å². The molecule has 0 unspecified atom stereocenters. The molecule has 0 aromatic carbocycles. The number of aromatic nitrogens is 1. The van der Waals surface area contributed by atoms with Gasteiger partial charge in [0.05, 0.1) is 6.54 Å². The molecule has 0 bridgehead atoms. The molecule has 2 N–H and O–H groups in total. The topological polar surface area (TPSA) is 73.4 Å². The minimum absolute atomic E-state index is 0.0692. The molecule has 2 heterocycles. The fourth-order valence-corrected chi connectivity index (χ4v) is 1.91. The van der Waals surface area contributed by atoms with Crippen LogP contribution in [0.15, 0.2) is 10.9 Å². The predicted octanol–water partition coefficient (Wildman–Crippen LogP) is 0.527. The summed E-state index contributed by atoms with van der Waals surface area (Å²) in [7, 11) is 0. The fraction of sp³-hybridized carbons (Fsp3) is 0.400. The highest BCUT2D eigenvalue weighted by atomic mass is 19.4. The molecule has 8 heteroatoms. The van der Waals surface area contributed by atoms with Crippen LogP contribution in [0.2, 0.25) is 0 Å². The average Bonchev–Trinajstić information content (AvgIpc) is 2.25. The van der Waals surface area contributed by atoms with Crippen LogP contribution in [0.25, 0.3) is 0 Å². The van der Waals surface area contributed by atoms with Gasteiger partial charge >= 0.3 is 12.1 Å². The van der Waals surface area contributed by atoms with Crippen LogP contribution in [0.1, 0.15) is 11.3 Å². The summed E-state index contributed by atoms with van der Waals surface area (Å²) in [4.78, 5) is 25.1. The van der Waals surface area contributed by atoms with Crippen molar-refractivity contribution < 1.29 is 23.1 Å². The molecule has 1 aromatic rings. The second-order valence-electron chi connectivity index (χ2n) is 3.95. The van der Waals surface area contributed by atoms with E-state index in [0.29, 0.717) is 10.5 Å². The summed E-state index contributed by atoms with van der Waals surface area (Å²) in [5, 5.41) is 9.48. The van der Waals surface area contributed by atoms with Gasteiger partial charge in [-0.1, -0.05) is 0 Å². The first-order chi connectivity index (χ1) is 8.29. The van der Waals surface area contributed by atoms with Crippen molar-refractivity contribution in [2.45, 2.75) is 19.1 Å². The number of carbonyl (C=O) groups is 1. The summed E-state index contributed by atoms with van der Waals surface area (Å²) in [5.41, 5.74) is -0.0998. The van der Waals surface area contributed by atoms with E-state index in [9.17, 15) is 27.9 Å². The van der Waals surface area contributed by atoms with Gasteiger partial charge in [-0.2, -0.15) is 13.2 Å². The van der Waals surface area contributed by atoms with Gasteiger partial charge in [-0.05, 0) is 6.42 Å². The van der Waals surface area contributed by atoms with E-state index in [1.54, 1.807) is 0 Å². The second kappa shape index (κ2) is 4.04. The molecule has 0 saturated carbocycles. The number of carbonyl (C=O) groups excluding carboxylic acids is 1. The second-order valence-corrected chi connectivity index (χ2v) is 3.95. The predicted molar refractivity (Wildman–Crippen MR) is 53.9 cm³/mol. The van der Waals surface area contributed by atoms with Crippen molar-refractivity contribution in [1.82, 2.24) is 9.88 Å². The molecule has 1 aliphatic rings. The van der Waals surface area contributed by atoms with Gasteiger partial charge in [-0.15, -0.1) is 0 Å². The highest BCUT2D eigenvalue weighted by Crippen LogP contribution is 2.27. The van der Waals surface area contributed by atoms with Crippen LogP contribution in [-0.4, -0.2) is 33.6 Å². The number of aromatic hydroxyl groups is 1. The Morgan fingerprint density at radius 1 is 1.44 bits per heavy atom. The fourth-order valence-electron chi connectivity index (χ4n) is 1.91. The molecule has 98 valence electrons. The van der Waals surface area contributed by atoms with Crippen LogP contribution >= 0.6 is 0 Å². The number of nitrogens with zero attached hydrogens (tertiary/aromatic N) is 1. The van der Waals surface area contributed by atoms with E-state index in [4.69, 9.17) is 0 Å². The van der Waals surface area contributed by atoms with Crippen LogP contribution in [-0.2, 0) is 17.8 Å². The lowest BCUT2D eigenvalue weighted by atomic mass is 10.0. The van der Waals surface area contributed by atoms with Gasteiger partial charge in [-0.3, -0.25) is 9.59 Å². The van der Waals surface area contributed by atoms with Crippen molar-refractivity contribution in [3.63, 3.8) is 0 Å². The lowest BCUT2D eigenvalue weighted by Crippen LogP contribution is -2.44. The Labute approximate surface area is 98.8 Å². The molecule has 2 rings (SSSR count). The Balaban J connectivity index is 2.31. The Morgan fingerprint density at radius 2 is 2.11 bits per heavy atom. The van der Waals surface area contributed by atoms with Gasteiger partial charge in [0.15, 0.2) is 0 Å². The number of amides is 1. The van der Waals surface area contributed by atoms with E-state index < -0.39 is 17.6 Å². The third kappa shape index (κ3) is 2.18. The number of rotatable bonds is 0. The average molecular weight is 262 g/mol. The van der Waals surface area contributed by atoms with E-state index >= 15 is 0 Å². The summed E-state index contributed by atoms with van der Waals surface area (Å²) in [5.74, 6) is -2.20. The number of hydrogen-bond donors (Lipinski definition) is 2. The molecule has 1 aliphatic heterocycles. The Kier molecular flexibility index (Phi) is 2.80. The zero-order chi connectivity index (χ0) is 13.5. The highest BCUT2D eigenvalue weighted by Gasteiger charge is 2.43. The van der Waals surface area contributed by atoms with Crippen molar-refractivity contribution in [1.29, 1.82) is 0 Å². The first-order valence-corrected chi connectivity index (χ1v) is 5.09. The Hall–Kier alpha value is -1.99. The van der Waals surface area contributed by atoms with E-state index in [1.807, 2.05) is 0 Å². The molecule has 0 spiro atoms. The number of halogens is 3. The van der Waals surface area contributed by atoms with Crippen LogP contribution < -0.4 is 5.56 Å². The van der Waals surface area contributed by atoms with E-state index in [1.165, 1.54) is 0 Å². The molecule has 1 aromatic heterocycles. The summed E-state index contributed by atoms with van der Waals surface area (Å²) in [6.07, 6.45) is -4.87. The standard InChI is InChI=1S/C10H9F3N2O3/c11-10(12,13)9(18)15-2-1-5-6(4-15)14-8(17)3-7(5)16/h3H,1-2,4H2,(H2,14,16,17). The third-order valence-electron chi connectivity index (χ3n) is 2.73. The third-order valence-corrected chi connectivity index (χ3v) is 2.73. The van der Waals surface area contributed by atoms with Gasteiger partial charge in [0, 0.05) is 23.9 Å². The minimum atomic E-state index is -4.94. The number of fused-ring (bicyclic) bond motifs is 1. The van der Waals surface area contributed by atoms with Gasteiger partial charge in [-0.25, -0.2) is 0 Å². The number of nitrogens with one attached hydrogen (secondary N) is 1. The molecular formula is C10H9F3N2O3. The Bertz CT molecular complexity index is 550. The van der Waals surface area contributed by atoms with Crippen molar-refractivity contribution in [3.8, 4) is 5.75 Å². The molecular weight excluding hydrogens is 253 g/mol. The monoisotopic (exact) mass is 262 g/mol. The van der Waals surface area contributed by atoms with Crippen LogP contribution in [0.5, 0.6) is 5.75 Å². The minimum Gasteiger partial charge on any atom is -0.507 e. The lowest BCUT2D eigenvalue weighted by molar-refractivity contribution is -0.186. The Morgan fingerprint density at radius 3 is 2.72 bits per heavy atom. The van der Waals surface area contributed by atoms with Crippen LogP contribution in [0.3, 0.4) is 0 Å². The highest BCUT2D eigenvalue weighted by molar-refractivity contribution is 5.82. The van der Waals surface area contributed by atoms with Gasteiger partial charge < -0.3 is 15.0 Å². The molecule has 1 amide bonds. The molecule has 0 atom stereocenters. The number of hydrogen-bond acceptors (Lipinski definition) is 3. The smallest absolute Gasteiger partial charge is 0.471 e. The molecule has 5 nitrogen and oxygen atoms in total. The normalized spacial score (nSPS) is 15.4. The van der Waals surface area contributed by atoms with E-state index in [0.717, 1.165) is 6.07 Å². The van der Waals surface area contributed by atoms with Crippen molar-refractivity contribution in [2.75, 3.05) is 6.54 Å². The first kappa shape index (κ1) is 12.5. The number of aromatic amines is 1. The maximum Gasteiger partial charge on any atom is 0.471 e. The SMILES string of the molecule is O=C(N1CCc2c(O)cc(=O)[nH]c2C1)C(F)(F)F. The van der Waals surface area contributed by atoms with Gasteiger partial charge in [0.25, 0.3) is 5.56 Å². The lowest BCUT2D eigenvalue weighted by Gasteiger charge is -2.29. The van der Waals surface area contributed by atoms with Crippen molar-refractivity contribution in [2.24, 2.45) is 0 Å². The molecule has 0 radical (unpaired) electrons. The van der Waals surface area contributed by atoms with Crippen molar-refractivity contribution in [3.05, 3.63) is 27.7 Å².